The lowest BCUT2D eigenvalue weighted by Crippen LogP contribution is -2.81. The lowest BCUT2D eigenvalue weighted by Gasteiger charge is -2.70. The molecule has 5 aliphatic carbocycles. The molecule has 0 radical (unpaired) electrons. The lowest BCUT2D eigenvalue weighted by atomic mass is 9.42. The van der Waals surface area contributed by atoms with Crippen molar-refractivity contribution in [2.75, 3.05) is 48.1 Å². The molecule has 7 bridgehead atoms. The minimum Gasteiger partial charge on any atom is -0.462 e. The van der Waals surface area contributed by atoms with Crippen molar-refractivity contribution in [2.45, 2.75) is 87.5 Å². The van der Waals surface area contributed by atoms with Crippen molar-refractivity contribution in [1.82, 2.24) is 4.90 Å². The molecule has 1 saturated heterocycles. The number of esters is 3. The summed E-state index contributed by atoms with van der Waals surface area (Å²) < 4.78 is 43.9. The molecule has 1 spiro atoms. The topological polar surface area (TPSA) is 160 Å². The molecule has 49 heavy (non-hydrogen) atoms. The van der Waals surface area contributed by atoms with E-state index in [9.17, 15) is 24.6 Å². The summed E-state index contributed by atoms with van der Waals surface area (Å²) in [5.74, 6) is -4.24. The number of fused-ring (bicyclic) bond motifs is 2. The molecule has 6 fully saturated rings. The Morgan fingerprint density at radius 1 is 0.918 bits per heavy atom. The summed E-state index contributed by atoms with van der Waals surface area (Å²) in [4.78, 5) is 42.2. The van der Waals surface area contributed by atoms with Crippen LogP contribution in [0.2, 0.25) is 0 Å². The van der Waals surface area contributed by atoms with Crippen LogP contribution in [0.5, 0.6) is 0 Å². The molecule has 13 nitrogen and oxygen atoms in total. The van der Waals surface area contributed by atoms with Crippen LogP contribution in [0.15, 0.2) is 30.3 Å². The number of aliphatic hydroxyl groups excluding tert-OH is 1. The Morgan fingerprint density at radius 2 is 1.63 bits per heavy atom. The zero-order valence-corrected chi connectivity index (χ0v) is 29.2. The molecule has 1 heterocycles. The number of likely N-dealkylation sites (tertiary alicyclic amines) is 1. The van der Waals surface area contributed by atoms with E-state index in [1.165, 1.54) is 21.0 Å². The Hall–Kier alpha value is -2.65. The van der Waals surface area contributed by atoms with Gasteiger partial charge in [-0.15, -0.1) is 0 Å². The molecule has 1 aromatic rings. The van der Waals surface area contributed by atoms with Crippen molar-refractivity contribution in [3.05, 3.63) is 35.9 Å². The molecule has 4 unspecified atom stereocenters. The first-order chi connectivity index (χ1) is 23.4. The maximum absolute atomic E-state index is 13.8. The first-order valence-electron chi connectivity index (χ1n) is 17.2. The highest BCUT2D eigenvalue weighted by atomic mass is 16.6. The standard InChI is InChI=1S/C36H49NO12/c1-8-37-16-33(17-43-4)22(47-18(2)38)14-23(44-5)35-21-15-34(42)30(48-32(41)20-12-10-9-11-13-20)24(21)36(49-19(3)39,29(40)31(34)46-7)25(28(35)37)26(45-6)27(33)35/h9-13,21-31,40,42H,8,14-17H2,1-7H3/t21-,22?,23?,24-,25?,26+,27-,28+,29?,30-,31+,33+,34-,35+,36-/m1/s1. The van der Waals surface area contributed by atoms with Gasteiger partial charge < -0.3 is 43.4 Å². The quantitative estimate of drug-likeness (QED) is 0.267. The Morgan fingerprint density at radius 3 is 2.20 bits per heavy atom. The van der Waals surface area contributed by atoms with Crippen molar-refractivity contribution in [3.63, 3.8) is 0 Å². The van der Waals surface area contributed by atoms with E-state index in [-0.39, 0.29) is 24.6 Å². The second-order valence-electron chi connectivity index (χ2n) is 15.0. The van der Waals surface area contributed by atoms with Gasteiger partial charge in [0.2, 0.25) is 0 Å². The highest BCUT2D eigenvalue weighted by Crippen LogP contribution is 2.80. The van der Waals surface area contributed by atoms with Crippen molar-refractivity contribution >= 4 is 17.9 Å². The van der Waals surface area contributed by atoms with Gasteiger partial charge in [0.25, 0.3) is 0 Å². The maximum atomic E-state index is 13.8. The van der Waals surface area contributed by atoms with E-state index in [0.717, 1.165) is 0 Å². The second-order valence-corrected chi connectivity index (χ2v) is 15.0. The fourth-order valence-electron chi connectivity index (χ4n) is 12.7. The average Bonchev–Trinajstić information content (AvgIpc) is 3.44. The normalized spacial score (nSPS) is 47.4. The number of hydrogen-bond donors (Lipinski definition) is 2. The van der Waals surface area contributed by atoms with Crippen LogP contribution in [-0.4, -0.2) is 135 Å². The van der Waals surface area contributed by atoms with E-state index in [2.05, 4.69) is 4.90 Å². The highest BCUT2D eigenvalue weighted by molar-refractivity contribution is 5.89. The second kappa shape index (κ2) is 12.0. The molecule has 0 amide bonds. The molecule has 5 saturated carbocycles. The zero-order valence-electron chi connectivity index (χ0n) is 29.2. The maximum Gasteiger partial charge on any atom is 0.338 e. The van der Waals surface area contributed by atoms with E-state index >= 15 is 0 Å². The molecule has 13 heteroatoms. The summed E-state index contributed by atoms with van der Waals surface area (Å²) in [6, 6.07) is 8.12. The number of ether oxygens (including phenoxy) is 7. The summed E-state index contributed by atoms with van der Waals surface area (Å²) in [7, 11) is 6.25. The van der Waals surface area contributed by atoms with Crippen LogP contribution in [0.4, 0.5) is 0 Å². The molecule has 270 valence electrons. The number of carbonyl (C=O) groups excluding carboxylic acids is 3. The van der Waals surface area contributed by atoms with Crippen LogP contribution in [0, 0.1) is 34.5 Å². The van der Waals surface area contributed by atoms with Crippen LogP contribution in [0.3, 0.4) is 0 Å². The van der Waals surface area contributed by atoms with Crippen molar-refractivity contribution < 1.29 is 57.8 Å². The van der Waals surface area contributed by atoms with Crippen LogP contribution in [-0.2, 0) is 42.7 Å². The van der Waals surface area contributed by atoms with Crippen LogP contribution in [0.25, 0.3) is 0 Å². The van der Waals surface area contributed by atoms with Gasteiger partial charge in [0, 0.05) is 89.9 Å². The summed E-state index contributed by atoms with van der Waals surface area (Å²) in [6.45, 7) is 5.99. The summed E-state index contributed by atoms with van der Waals surface area (Å²) in [6.07, 6.45) is -5.45. The Bertz CT molecular complexity index is 1480. The summed E-state index contributed by atoms with van der Waals surface area (Å²) in [5.41, 5.74) is -4.92. The number of methoxy groups -OCH3 is 4. The average molecular weight is 688 g/mol. The third kappa shape index (κ3) is 4.21. The van der Waals surface area contributed by atoms with Gasteiger partial charge in [-0.25, -0.2) is 4.79 Å². The molecule has 7 rings (SSSR count). The van der Waals surface area contributed by atoms with Gasteiger partial charge in [-0.2, -0.15) is 0 Å². The minimum absolute atomic E-state index is 0.0534. The van der Waals surface area contributed by atoms with Gasteiger partial charge in [0.15, 0.2) is 5.60 Å². The molecule has 15 atom stereocenters. The predicted octanol–water partition coefficient (Wildman–Crippen LogP) is 1.22. The minimum atomic E-state index is -1.86. The molecule has 0 aromatic heterocycles. The first-order valence-corrected chi connectivity index (χ1v) is 17.2. The van der Waals surface area contributed by atoms with E-state index in [1.54, 1.807) is 51.7 Å². The van der Waals surface area contributed by atoms with E-state index in [4.69, 9.17) is 33.2 Å². The Kier molecular flexibility index (Phi) is 8.49. The number of aliphatic hydroxyl groups is 2. The van der Waals surface area contributed by atoms with Crippen molar-refractivity contribution in [2.24, 2.45) is 34.5 Å². The number of rotatable bonds is 10. The first kappa shape index (κ1) is 34.8. The zero-order chi connectivity index (χ0) is 35.3. The van der Waals surface area contributed by atoms with Gasteiger partial charge >= 0.3 is 17.9 Å². The Balaban J connectivity index is 1.53. The third-order valence-electron chi connectivity index (χ3n) is 13.4. The van der Waals surface area contributed by atoms with Gasteiger partial charge in [0.05, 0.1) is 24.4 Å². The molecule has 6 aliphatic rings. The van der Waals surface area contributed by atoms with Gasteiger partial charge in [0.1, 0.15) is 30.0 Å². The smallest absolute Gasteiger partial charge is 0.338 e. The van der Waals surface area contributed by atoms with Gasteiger partial charge in [-0.3, -0.25) is 14.5 Å². The van der Waals surface area contributed by atoms with Gasteiger partial charge in [-0.1, -0.05) is 25.1 Å². The van der Waals surface area contributed by atoms with E-state index < -0.39 is 100 Å². The van der Waals surface area contributed by atoms with E-state index in [0.29, 0.717) is 19.5 Å². The van der Waals surface area contributed by atoms with Crippen LogP contribution in [0.1, 0.15) is 44.0 Å². The largest absolute Gasteiger partial charge is 0.462 e. The molecule has 1 aromatic carbocycles. The number of hydrogen-bond acceptors (Lipinski definition) is 13. The third-order valence-corrected chi connectivity index (χ3v) is 13.4. The number of carbonyl (C=O) groups is 3. The molecule has 1 aliphatic heterocycles. The molecular formula is C36H49NO12. The highest BCUT2D eigenvalue weighted by Gasteiger charge is 2.92. The predicted molar refractivity (Wildman–Crippen MR) is 170 cm³/mol. The summed E-state index contributed by atoms with van der Waals surface area (Å²) in [5, 5.41) is 25.5. The summed E-state index contributed by atoms with van der Waals surface area (Å²) >= 11 is 0. The number of nitrogens with zero attached hydrogens (tertiary/aromatic N) is 1. The monoisotopic (exact) mass is 687 g/mol. The Labute approximate surface area is 286 Å². The molecular weight excluding hydrogens is 638 g/mol. The van der Waals surface area contributed by atoms with Crippen LogP contribution < -0.4 is 0 Å². The number of benzene rings is 1. The number of piperidine rings is 1. The van der Waals surface area contributed by atoms with Crippen LogP contribution >= 0.6 is 0 Å². The fraction of sp³-hybridized carbons (Fsp3) is 0.750. The fourth-order valence-corrected chi connectivity index (χ4v) is 12.7. The SMILES string of the molecule is CCN1C[C@]2(COC)C(OC(C)=O)CC(OC)[C@]34[C@@H]5C[C@@]6(O)[C@H](OC(=O)c7ccccc7)[C@@H]5[C@@](OC(C)=O)(C([C@H]13)[C@H](OC)[C@H]24)C(O)[C@@H]6OC. The van der Waals surface area contributed by atoms with Crippen molar-refractivity contribution in [1.29, 1.82) is 0 Å². The molecule has 2 N–H and O–H groups in total. The van der Waals surface area contributed by atoms with Crippen molar-refractivity contribution in [3.8, 4) is 0 Å². The van der Waals surface area contributed by atoms with Gasteiger partial charge in [-0.05, 0) is 31.0 Å². The van der Waals surface area contributed by atoms with E-state index in [1.807, 2.05) is 6.92 Å². The lowest BCUT2D eigenvalue weighted by molar-refractivity contribution is -0.322.